The van der Waals surface area contributed by atoms with Gasteiger partial charge in [0.2, 0.25) is 5.91 Å². The molecule has 0 aromatic heterocycles. The number of sulfone groups is 1. The lowest BCUT2D eigenvalue weighted by Crippen LogP contribution is -2.26. The van der Waals surface area contributed by atoms with Crippen molar-refractivity contribution in [2.45, 2.75) is 26.2 Å². The Hall–Kier alpha value is -1.27. The van der Waals surface area contributed by atoms with E-state index in [1.807, 2.05) is 6.92 Å². The van der Waals surface area contributed by atoms with Crippen LogP contribution in [0, 0.1) is 12.8 Å². The molecular weight excluding hydrogens is 326 g/mol. The summed E-state index contributed by atoms with van der Waals surface area (Å²) in [5, 5.41) is 3.40. The lowest BCUT2D eigenvalue weighted by atomic mass is 9.98. The highest BCUT2D eigenvalue weighted by Gasteiger charge is 2.25. The summed E-state index contributed by atoms with van der Waals surface area (Å²) in [7, 11) is -1.38. The summed E-state index contributed by atoms with van der Waals surface area (Å²) < 4.78 is 28.0. The predicted molar refractivity (Wildman–Crippen MR) is 87.4 cm³/mol. The van der Waals surface area contributed by atoms with Crippen LogP contribution in [-0.2, 0) is 14.6 Å². The number of nitrogens with one attached hydrogen (secondary N) is 1. The number of benzene rings is 1. The van der Waals surface area contributed by atoms with Crippen LogP contribution in [-0.4, -0.2) is 32.9 Å². The average Bonchev–Trinajstić information content (AvgIpc) is 2.45. The van der Waals surface area contributed by atoms with Gasteiger partial charge in [-0.25, -0.2) is 8.42 Å². The Morgan fingerprint density at radius 2 is 2.00 bits per heavy atom. The molecule has 0 atom stereocenters. The van der Waals surface area contributed by atoms with Crippen molar-refractivity contribution in [1.29, 1.82) is 0 Å². The minimum absolute atomic E-state index is 0.114. The zero-order chi connectivity index (χ0) is 16.3. The van der Waals surface area contributed by atoms with Gasteiger partial charge < -0.3 is 10.1 Å². The van der Waals surface area contributed by atoms with Crippen LogP contribution in [0.4, 0.5) is 5.69 Å². The number of hydrogen-bond donors (Lipinski definition) is 1. The number of amides is 1. The molecule has 2 rings (SSSR count). The van der Waals surface area contributed by atoms with Gasteiger partial charge in [0.25, 0.3) is 0 Å². The monoisotopic (exact) mass is 345 g/mol. The molecule has 1 aliphatic heterocycles. The van der Waals surface area contributed by atoms with Gasteiger partial charge in [0.05, 0.1) is 24.3 Å². The smallest absolute Gasteiger partial charge is 0.224 e. The summed E-state index contributed by atoms with van der Waals surface area (Å²) >= 11 is 6.03. The first-order valence-electron chi connectivity index (χ1n) is 7.15. The number of methoxy groups -OCH3 is 1. The minimum atomic E-state index is -2.90. The number of aryl methyl sites for hydroxylation is 1. The van der Waals surface area contributed by atoms with Crippen LogP contribution in [0.25, 0.3) is 0 Å². The van der Waals surface area contributed by atoms with Crippen molar-refractivity contribution < 1.29 is 17.9 Å². The molecule has 22 heavy (non-hydrogen) atoms. The fourth-order valence-electron chi connectivity index (χ4n) is 2.54. The first kappa shape index (κ1) is 17.1. The molecule has 1 heterocycles. The molecule has 0 saturated carbocycles. The van der Waals surface area contributed by atoms with Crippen LogP contribution in [0.15, 0.2) is 12.1 Å². The van der Waals surface area contributed by atoms with Gasteiger partial charge in [0.15, 0.2) is 0 Å². The fourth-order valence-corrected chi connectivity index (χ4v) is 4.28. The molecule has 1 aromatic carbocycles. The van der Waals surface area contributed by atoms with Crippen molar-refractivity contribution in [3.05, 3.63) is 22.7 Å². The minimum Gasteiger partial charge on any atom is -0.495 e. The molecule has 0 unspecified atom stereocenters. The molecule has 1 fully saturated rings. The lowest BCUT2D eigenvalue weighted by molar-refractivity contribution is -0.117. The number of rotatable bonds is 4. The van der Waals surface area contributed by atoms with Crippen molar-refractivity contribution in [3.8, 4) is 5.75 Å². The summed E-state index contributed by atoms with van der Waals surface area (Å²) in [5.41, 5.74) is 1.43. The molecule has 0 radical (unpaired) electrons. The molecule has 0 bridgehead atoms. The van der Waals surface area contributed by atoms with Crippen molar-refractivity contribution in [3.63, 3.8) is 0 Å². The van der Waals surface area contributed by atoms with Gasteiger partial charge in [0, 0.05) is 17.5 Å². The van der Waals surface area contributed by atoms with E-state index in [1.165, 1.54) is 7.11 Å². The van der Waals surface area contributed by atoms with E-state index in [2.05, 4.69) is 5.32 Å². The predicted octanol–water partition coefficient (Wildman–Crippen LogP) is 2.81. The number of anilines is 1. The van der Waals surface area contributed by atoms with Crippen molar-refractivity contribution in [2.75, 3.05) is 23.9 Å². The van der Waals surface area contributed by atoms with Gasteiger partial charge in [-0.15, -0.1) is 0 Å². The van der Waals surface area contributed by atoms with E-state index in [9.17, 15) is 13.2 Å². The topological polar surface area (TPSA) is 72.5 Å². The number of ether oxygens (including phenoxy) is 1. The standard InChI is InChI=1S/C15H20ClNO4S/c1-10-7-13(14(21-2)9-12(10)16)17-15(18)8-11-3-5-22(19,20)6-4-11/h7,9,11H,3-6,8H2,1-2H3,(H,17,18). The molecule has 1 N–H and O–H groups in total. The van der Waals surface area contributed by atoms with E-state index in [0.717, 1.165) is 5.56 Å². The molecule has 1 amide bonds. The van der Waals surface area contributed by atoms with Crippen LogP contribution < -0.4 is 10.1 Å². The molecule has 1 aliphatic rings. The molecule has 0 spiro atoms. The van der Waals surface area contributed by atoms with Crippen molar-refractivity contribution in [2.24, 2.45) is 5.92 Å². The highest BCUT2D eigenvalue weighted by Crippen LogP contribution is 2.31. The van der Waals surface area contributed by atoms with Crippen LogP contribution in [0.1, 0.15) is 24.8 Å². The molecule has 122 valence electrons. The maximum absolute atomic E-state index is 12.2. The molecule has 1 aromatic rings. The second kappa shape index (κ2) is 6.87. The highest BCUT2D eigenvalue weighted by atomic mass is 35.5. The van der Waals surface area contributed by atoms with Crippen LogP contribution in [0.3, 0.4) is 0 Å². The van der Waals surface area contributed by atoms with Crippen LogP contribution in [0.5, 0.6) is 5.75 Å². The number of carbonyl (C=O) groups is 1. The normalized spacial score (nSPS) is 18.0. The third-order valence-electron chi connectivity index (χ3n) is 3.90. The van der Waals surface area contributed by atoms with E-state index in [0.29, 0.717) is 35.7 Å². The summed E-state index contributed by atoms with van der Waals surface area (Å²) in [6, 6.07) is 3.43. The Morgan fingerprint density at radius 1 is 1.36 bits per heavy atom. The first-order chi connectivity index (χ1) is 10.3. The van der Waals surface area contributed by atoms with Crippen LogP contribution in [0.2, 0.25) is 5.02 Å². The molecule has 0 aliphatic carbocycles. The fraction of sp³-hybridized carbons (Fsp3) is 0.533. The Labute approximate surface area is 135 Å². The third kappa shape index (κ3) is 4.36. The van der Waals surface area contributed by atoms with Gasteiger partial charge in [-0.05, 0) is 37.3 Å². The van der Waals surface area contributed by atoms with E-state index < -0.39 is 9.84 Å². The van der Waals surface area contributed by atoms with Crippen molar-refractivity contribution in [1.82, 2.24) is 0 Å². The van der Waals surface area contributed by atoms with Gasteiger partial charge in [0.1, 0.15) is 15.6 Å². The maximum atomic E-state index is 12.2. The third-order valence-corrected chi connectivity index (χ3v) is 6.03. The average molecular weight is 346 g/mol. The van der Waals surface area contributed by atoms with E-state index in [1.54, 1.807) is 12.1 Å². The molecular formula is C15H20ClNO4S. The number of halogens is 1. The molecule has 5 nitrogen and oxygen atoms in total. The summed E-state index contributed by atoms with van der Waals surface area (Å²) in [4.78, 5) is 12.2. The maximum Gasteiger partial charge on any atom is 0.224 e. The lowest BCUT2D eigenvalue weighted by Gasteiger charge is -2.21. The van der Waals surface area contributed by atoms with Gasteiger partial charge >= 0.3 is 0 Å². The summed E-state index contributed by atoms with van der Waals surface area (Å²) in [6.45, 7) is 1.85. The number of hydrogen-bond acceptors (Lipinski definition) is 4. The largest absolute Gasteiger partial charge is 0.495 e. The zero-order valence-corrected chi connectivity index (χ0v) is 14.3. The Morgan fingerprint density at radius 3 is 2.59 bits per heavy atom. The molecule has 7 heteroatoms. The van der Waals surface area contributed by atoms with E-state index in [4.69, 9.17) is 16.3 Å². The second-order valence-electron chi connectivity index (χ2n) is 5.65. The number of carbonyl (C=O) groups excluding carboxylic acids is 1. The zero-order valence-electron chi connectivity index (χ0n) is 12.7. The Balaban J connectivity index is 1.99. The van der Waals surface area contributed by atoms with Gasteiger partial charge in [-0.2, -0.15) is 0 Å². The second-order valence-corrected chi connectivity index (χ2v) is 8.36. The SMILES string of the molecule is COc1cc(Cl)c(C)cc1NC(=O)CC1CCS(=O)(=O)CC1. The van der Waals surface area contributed by atoms with E-state index in [-0.39, 0.29) is 23.3 Å². The Bertz CT molecular complexity index is 658. The highest BCUT2D eigenvalue weighted by molar-refractivity contribution is 7.91. The van der Waals surface area contributed by atoms with Crippen molar-refractivity contribution >= 4 is 33.0 Å². The van der Waals surface area contributed by atoms with Crippen LogP contribution >= 0.6 is 11.6 Å². The van der Waals surface area contributed by atoms with E-state index >= 15 is 0 Å². The Kier molecular flexibility index (Phi) is 5.34. The van der Waals surface area contributed by atoms with Gasteiger partial charge in [-0.3, -0.25) is 4.79 Å². The summed E-state index contributed by atoms with van der Waals surface area (Å²) in [6.07, 6.45) is 1.42. The van der Waals surface area contributed by atoms with Gasteiger partial charge in [-0.1, -0.05) is 11.6 Å². The molecule has 1 saturated heterocycles. The first-order valence-corrected chi connectivity index (χ1v) is 9.35. The quantitative estimate of drug-likeness (QED) is 0.910. The summed E-state index contributed by atoms with van der Waals surface area (Å²) in [5.74, 6) is 0.838.